The fraction of sp³-hybridized carbons (Fsp3) is 0.400. The van der Waals surface area contributed by atoms with Gasteiger partial charge in [0.05, 0.1) is 7.11 Å². The van der Waals surface area contributed by atoms with E-state index in [0.717, 1.165) is 22.3 Å². The van der Waals surface area contributed by atoms with E-state index in [9.17, 15) is 0 Å². The van der Waals surface area contributed by atoms with Crippen molar-refractivity contribution in [1.29, 1.82) is 0 Å². The van der Waals surface area contributed by atoms with Gasteiger partial charge in [0, 0.05) is 35.4 Å². The number of fused-ring (bicyclic) bond motifs is 1. The lowest BCUT2D eigenvalue weighted by Gasteiger charge is -2.35. The van der Waals surface area contributed by atoms with Crippen molar-refractivity contribution in [1.82, 2.24) is 4.98 Å². The maximum Gasteiger partial charge on any atom is 0.136 e. The maximum absolute atomic E-state index is 6.05. The van der Waals surface area contributed by atoms with Crippen molar-refractivity contribution in [3.05, 3.63) is 30.5 Å². The first-order valence-corrected chi connectivity index (χ1v) is 6.76. The number of hydrogen-bond acceptors (Lipinski definition) is 3. The number of alkyl halides is 1. The second-order valence-electron chi connectivity index (χ2n) is 5.20. The Labute approximate surface area is 119 Å². The molecule has 0 N–H and O–H groups in total. The second-order valence-corrected chi connectivity index (χ2v) is 5.46. The molecule has 0 aliphatic rings. The summed E-state index contributed by atoms with van der Waals surface area (Å²) in [5, 5.41) is 2.13. The molecule has 4 heteroatoms. The highest BCUT2D eigenvalue weighted by Gasteiger charge is 2.25. The van der Waals surface area contributed by atoms with Crippen LogP contribution in [-0.4, -0.2) is 30.6 Å². The molecule has 2 rings (SSSR count). The summed E-state index contributed by atoms with van der Waals surface area (Å²) in [6, 6.07) is 7.97. The van der Waals surface area contributed by atoms with Crippen LogP contribution in [-0.2, 0) is 0 Å². The van der Waals surface area contributed by atoms with E-state index in [-0.39, 0.29) is 5.54 Å². The molecule has 0 fully saturated rings. The van der Waals surface area contributed by atoms with Crippen LogP contribution in [0, 0.1) is 0 Å². The van der Waals surface area contributed by atoms with E-state index in [2.05, 4.69) is 29.8 Å². The quantitative estimate of drug-likeness (QED) is 0.798. The molecule has 0 atom stereocenters. The Morgan fingerprint density at radius 3 is 2.63 bits per heavy atom. The smallest absolute Gasteiger partial charge is 0.136 e. The Morgan fingerprint density at radius 2 is 2.00 bits per heavy atom. The van der Waals surface area contributed by atoms with Crippen LogP contribution in [0.5, 0.6) is 5.75 Å². The lowest BCUT2D eigenvalue weighted by atomic mass is 10.0. The highest BCUT2D eigenvalue weighted by molar-refractivity contribution is 6.18. The maximum atomic E-state index is 6.05. The molecule has 0 aliphatic heterocycles. The summed E-state index contributed by atoms with van der Waals surface area (Å²) in [6.45, 7) is 4.20. The first-order chi connectivity index (χ1) is 9.01. The zero-order valence-electron chi connectivity index (χ0n) is 11.8. The van der Waals surface area contributed by atoms with Gasteiger partial charge >= 0.3 is 0 Å². The molecule has 1 aromatic carbocycles. The van der Waals surface area contributed by atoms with Crippen molar-refractivity contribution in [3.8, 4) is 5.75 Å². The van der Waals surface area contributed by atoms with Gasteiger partial charge in [-0.2, -0.15) is 0 Å². The summed E-state index contributed by atoms with van der Waals surface area (Å²) >= 11 is 6.05. The van der Waals surface area contributed by atoms with E-state index in [0.29, 0.717) is 5.88 Å². The van der Waals surface area contributed by atoms with Gasteiger partial charge in [0.25, 0.3) is 0 Å². The first kappa shape index (κ1) is 13.9. The molecular formula is C15H19ClN2O. The largest absolute Gasteiger partial charge is 0.496 e. The van der Waals surface area contributed by atoms with Crippen molar-refractivity contribution < 1.29 is 4.74 Å². The number of nitrogens with zero attached hydrogens (tertiary/aromatic N) is 2. The van der Waals surface area contributed by atoms with Crippen LogP contribution in [0.4, 0.5) is 5.82 Å². The fourth-order valence-corrected chi connectivity index (χ4v) is 2.16. The average Bonchev–Trinajstić information content (AvgIpc) is 2.45. The van der Waals surface area contributed by atoms with Crippen molar-refractivity contribution in [3.63, 3.8) is 0 Å². The number of ether oxygens (including phenoxy) is 1. The zero-order chi connectivity index (χ0) is 14.0. The lowest BCUT2D eigenvalue weighted by molar-refractivity contribution is 0.420. The SMILES string of the molecule is COc1cccc2c(N(C)C(C)(C)CCl)nccc12. The minimum atomic E-state index is -0.161. The minimum Gasteiger partial charge on any atom is -0.496 e. The number of anilines is 1. The van der Waals surface area contributed by atoms with E-state index in [1.807, 2.05) is 25.2 Å². The Balaban J connectivity index is 2.62. The molecule has 0 saturated carbocycles. The Kier molecular flexibility index (Phi) is 3.85. The van der Waals surface area contributed by atoms with Gasteiger partial charge in [-0.3, -0.25) is 0 Å². The molecule has 0 unspecified atom stereocenters. The van der Waals surface area contributed by atoms with Crippen LogP contribution in [0.3, 0.4) is 0 Å². The normalized spacial score (nSPS) is 11.6. The minimum absolute atomic E-state index is 0.161. The average molecular weight is 279 g/mol. The monoisotopic (exact) mass is 278 g/mol. The van der Waals surface area contributed by atoms with Gasteiger partial charge in [-0.25, -0.2) is 4.98 Å². The summed E-state index contributed by atoms with van der Waals surface area (Å²) in [6.07, 6.45) is 1.81. The molecule has 0 aliphatic carbocycles. The summed E-state index contributed by atoms with van der Waals surface area (Å²) in [7, 11) is 3.70. The van der Waals surface area contributed by atoms with E-state index in [1.165, 1.54) is 0 Å². The van der Waals surface area contributed by atoms with Gasteiger partial charge in [-0.05, 0) is 26.0 Å². The van der Waals surface area contributed by atoms with Gasteiger partial charge in [0.2, 0.25) is 0 Å². The molecule has 0 spiro atoms. The fourth-order valence-electron chi connectivity index (χ4n) is 1.98. The van der Waals surface area contributed by atoms with Gasteiger partial charge in [0.1, 0.15) is 11.6 Å². The molecule has 102 valence electrons. The number of pyridine rings is 1. The van der Waals surface area contributed by atoms with E-state index in [1.54, 1.807) is 13.3 Å². The van der Waals surface area contributed by atoms with Crippen molar-refractivity contribution >= 4 is 28.2 Å². The van der Waals surface area contributed by atoms with Gasteiger partial charge in [0.15, 0.2) is 0 Å². The molecule has 1 heterocycles. The molecular weight excluding hydrogens is 260 g/mol. The van der Waals surface area contributed by atoms with E-state index >= 15 is 0 Å². The number of methoxy groups -OCH3 is 1. The highest BCUT2D eigenvalue weighted by atomic mass is 35.5. The van der Waals surface area contributed by atoms with Gasteiger partial charge in [-0.1, -0.05) is 12.1 Å². The number of rotatable bonds is 4. The van der Waals surface area contributed by atoms with Gasteiger partial charge < -0.3 is 9.64 Å². The number of benzene rings is 1. The first-order valence-electron chi connectivity index (χ1n) is 6.23. The number of halogens is 1. The molecule has 0 radical (unpaired) electrons. The molecule has 1 aromatic heterocycles. The summed E-state index contributed by atoms with van der Waals surface area (Å²) in [4.78, 5) is 6.62. The predicted octanol–water partition coefficient (Wildman–Crippen LogP) is 3.70. The Bertz CT molecular complexity index is 583. The summed E-state index contributed by atoms with van der Waals surface area (Å²) in [5.74, 6) is 2.31. The van der Waals surface area contributed by atoms with E-state index < -0.39 is 0 Å². The molecule has 19 heavy (non-hydrogen) atoms. The van der Waals surface area contributed by atoms with Crippen LogP contribution in [0.1, 0.15) is 13.8 Å². The third kappa shape index (κ3) is 2.47. The topological polar surface area (TPSA) is 25.4 Å². The second kappa shape index (κ2) is 5.25. The Hall–Kier alpha value is -1.48. The number of aromatic nitrogens is 1. The molecule has 0 amide bonds. The Morgan fingerprint density at radius 1 is 1.26 bits per heavy atom. The third-order valence-corrected chi connectivity index (χ3v) is 4.17. The van der Waals surface area contributed by atoms with Crippen molar-refractivity contribution in [2.45, 2.75) is 19.4 Å². The molecule has 0 saturated heterocycles. The van der Waals surface area contributed by atoms with Crippen molar-refractivity contribution in [2.24, 2.45) is 0 Å². The third-order valence-electron chi connectivity index (χ3n) is 3.52. The zero-order valence-corrected chi connectivity index (χ0v) is 12.5. The molecule has 2 aromatic rings. The lowest BCUT2D eigenvalue weighted by Crippen LogP contribution is -2.43. The molecule has 3 nitrogen and oxygen atoms in total. The van der Waals surface area contributed by atoms with E-state index in [4.69, 9.17) is 16.3 Å². The van der Waals surface area contributed by atoms with Crippen LogP contribution < -0.4 is 9.64 Å². The molecule has 0 bridgehead atoms. The van der Waals surface area contributed by atoms with Crippen LogP contribution in [0.25, 0.3) is 10.8 Å². The van der Waals surface area contributed by atoms with Crippen LogP contribution >= 0.6 is 11.6 Å². The van der Waals surface area contributed by atoms with Crippen molar-refractivity contribution in [2.75, 3.05) is 24.9 Å². The summed E-state index contributed by atoms with van der Waals surface area (Å²) < 4.78 is 5.40. The standard InChI is InChI=1S/C15H19ClN2O/c1-15(2,10-16)18(3)14-12-6-5-7-13(19-4)11(12)8-9-17-14/h5-9H,10H2,1-4H3. The summed E-state index contributed by atoms with van der Waals surface area (Å²) in [5.41, 5.74) is -0.161. The van der Waals surface area contributed by atoms with Gasteiger partial charge in [-0.15, -0.1) is 11.6 Å². The highest BCUT2D eigenvalue weighted by Crippen LogP contribution is 2.33. The number of hydrogen-bond donors (Lipinski definition) is 0. The van der Waals surface area contributed by atoms with Crippen LogP contribution in [0.15, 0.2) is 30.5 Å². The van der Waals surface area contributed by atoms with Crippen LogP contribution in [0.2, 0.25) is 0 Å². The predicted molar refractivity (Wildman–Crippen MR) is 81.5 cm³/mol.